The Morgan fingerprint density at radius 2 is 1.67 bits per heavy atom. The molecule has 0 saturated heterocycles. The van der Waals surface area contributed by atoms with Crippen molar-refractivity contribution in [2.75, 3.05) is 11.9 Å². The highest BCUT2D eigenvalue weighted by molar-refractivity contribution is 6.02. The van der Waals surface area contributed by atoms with E-state index >= 15 is 0 Å². The summed E-state index contributed by atoms with van der Waals surface area (Å²) in [5, 5.41) is 3.20. The van der Waals surface area contributed by atoms with Gasteiger partial charge in [0.2, 0.25) is 5.91 Å². The fourth-order valence-corrected chi connectivity index (χ4v) is 4.04. The summed E-state index contributed by atoms with van der Waals surface area (Å²) in [4.78, 5) is 40.1. The molecule has 0 unspecified atom stereocenters. The van der Waals surface area contributed by atoms with E-state index in [9.17, 15) is 23.2 Å². The molecule has 0 bridgehead atoms. The van der Waals surface area contributed by atoms with Crippen LogP contribution in [0, 0.1) is 11.6 Å². The molecule has 2 amide bonds. The van der Waals surface area contributed by atoms with E-state index in [1.54, 1.807) is 24.3 Å². The second-order valence-electron chi connectivity index (χ2n) is 7.65. The van der Waals surface area contributed by atoms with Gasteiger partial charge in [0.15, 0.2) is 0 Å². The number of fused-ring (bicyclic) bond motifs is 2. The van der Waals surface area contributed by atoms with E-state index in [1.807, 2.05) is 0 Å². The van der Waals surface area contributed by atoms with Crippen molar-refractivity contribution in [3.05, 3.63) is 112 Å². The summed E-state index contributed by atoms with van der Waals surface area (Å²) >= 11 is 0. The second-order valence-corrected chi connectivity index (χ2v) is 7.65. The Labute approximate surface area is 186 Å². The lowest BCUT2D eigenvalue weighted by atomic mass is 9.95. The van der Waals surface area contributed by atoms with Crippen LogP contribution in [0.5, 0.6) is 0 Å². The van der Waals surface area contributed by atoms with E-state index in [0.717, 1.165) is 4.90 Å². The first-order chi connectivity index (χ1) is 15.9. The summed E-state index contributed by atoms with van der Waals surface area (Å²) in [5.74, 6) is -2.36. The molecule has 164 valence electrons. The molecule has 4 aromatic rings. The van der Waals surface area contributed by atoms with Crippen LogP contribution in [-0.4, -0.2) is 23.3 Å². The molecule has 5 rings (SSSR count). The number of nitrogens with one attached hydrogen (secondary N) is 1. The Balaban J connectivity index is 1.70. The predicted molar refractivity (Wildman–Crippen MR) is 117 cm³/mol. The molecule has 1 atom stereocenters. The van der Waals surface area contributed by atoms with Crippen molar-refractivity contribution in [2.45, 2.75) is 6.04 Å². The van der Waals surface area contributed by atoms with Gasteiger partial charge in [0.25, 0.3) is 5.91 Å². The smallest absolute Gasteiger partial charge is 0.349 e. The molecule has 0 saturated carbocycles. The van der Waals surface area contributed by atoms with E-state index < -0.39 is 41.7 Å². The molecule has 0 fully saturated rings. The number of amides is 2. The molecule has 1 aromatic heterocycles. The minimum Gasteiger partial charge on any atom is -0.422 e. The Bertz CT molecular complexity index is 1460. The third-order valence-corrected chi connectivity index (χ3v) is 5.53. The van der Waals surface area contributed by atoms with Crippen LogP contribution in [0.1, 0.15) is 27.5 Å². The van der Waals surface area contributed by atoms with Gasteiger partial charge in [-0.05, 0) is 48.0 Å². The summed E-state index contributed by atoms with van der Waals surface area (Å²) in [6, 6.07) is 16.3. The first-order valence-corrected chi connectivity index (χ1v) is 10.1. The van der Waals surface area contributed by atoms with Gasteiger partial charge in [0, 0.05) is 16.6 Å². The monoisotopic (exact) mass is 446 g/mol. The number of nitrogens with zero attached hydrogens (tertiary/aromatic N) is 1. The van der Waals surface area contributed by atoms with Gasteiger partial charge in [-0.1, -0.05) is 30.3 Å². The van der Waals surface area contributed by atoms with Gasteiger partial charge in [-0.15, -0.1) is 0 Å². The molecule has 1 aliphatic heterocycles. The number of hydrogen-bond donors (Lipinski definition) is 1. The molecule has 3 aromatic carbocycles. The molecule has 1 aliphatic rings. The van der Waals surface area contributed by atoms with Gasteiger partial charge in [-0.2, -0.15) is 0 Å². The van der Waals surface area contributed by atoms with E-state index in [-0.39, 0.29) is 5.56 Å². The van der Waals surface area contributed by atoms with Gasteiger partial charge in [0.1, 0.15) is 29.3 Å². The lowest BCUT2D eigenvalue weighted by Gasteiger charge is -2.30. The quantitative estimate of drug-likeness (QED) is 0.467. The number of para-hydroxylation sites is 1. The van der Waals surface area contributed by atoms with Crippen LogP contribution in [0.15, 0.2) is 82.0 Å². The highest BCUT2D eigenvalue weighted by Gasteiger charge is 2.35. The first-order valence-electron chi connectivity index (χ1n) is 10.1. The van der Waals surface area contributed by atoms with Crippen molar-refractivity contribution in [3.8, 4) is 0 Å². The summed E-state index contributed by atoms with van der Waals surface area (Å²) in [5.41, 5.74) is 0.241. The molecule has 8 heteroatoms. The van der Waals surface area contributed by atoms with Crippen LogP contribution < -0.4 is 10.9 Å². The highest BCUT2D eigenvalue weighted by atomic mass is 19.1. The predicted octanol–water partition coefficient (Wildman–Crippen LogP) is 4.26. The van der Waals surface area contributed by atoms with Crippen molar-refractivity contribution in [2.24, 2.45) is 0 Å². The zero-order chi connectivity index (χ0) is 23.1. The number of carbonyl (C=O) groups excluding carboxylic acids is 2. The largest absolute Gasteiger partial charge is 0.422 e. The van der Waals surface area contributed by atoms with E-state index in [4.69, 9.17) is 4.42 Å². The third kappa shape index (κ3) is 3.76. The number of rotatable bonds is 2. The number of carbonyl (C=O) groups is 2. The van der Waals surface area contributed by atoms with Gasteiger partial charge in [-0.25, -0.2) is 13.6 Å². The minimum atomic E-state index is -0.964. The van der Waals surface area contributed by atoms with Crippen molar-refractivity contribution >= 4 is 28.5 Å². The van der Waals surface area contributed by atoms with Crippen molar-refractivity contribution in [1.29, 1.82) is 0 Å². The maximum atomic E-state index is 14.2. The summed E-state index contributed by atoms with van der Waals surface area (Å²) < 4.78 is 33.1. The molecular weight excluding hydrogens is 430 g/mol. The summed E-state index contributed by atoms with van der Waals surface area (Å²) in [6.45, 7) is -0.413. The number of halogens is 2. The Morgan fingerprint density at radius 3 is 2.45 bits per heavy atom. The van der Waals surface area contributed by atoms with E-state index in [0.29, 0.717) is 27.8 Å². The average Bonchev–Trinajstić information content (AvgIpc) is 2.94. The zero-order valence-corrected chi connectivity index (χ0v) is 17.0. The molecule has 6 nitrogen and oxygen atoms in total. The standard InChI is InChI=1S/C25H16F2N2O4/c26-16-7-5-14(6-8-16)23-18-12-17(27)9-10-20(18)28-22(30)13-29(23)24(31)19-11-15-3-1-2-4-21(15)33-25(19)32/h1-12,23H,13H2,(H,28,30)/t23-/m1/s1. The molecular formula is C25H16F2N2O4. The SMILES string of the molecule is O=C1CN(C(=O)c2cc3ccccc3oc2=O)[C@H](c2ccc(F)cc2)c2cc(F)ccc2N1. The Hall–Kier alpha value is -4.33. The van der Waals surface area contributed by atoms with Crippen LogP contribution in [0.3, 0.4) is 0 Å². The fraction of sp³-hybridized carbons (Fsp3) is 0.0800. The highest BCUT2D eigenvalue weighted by Crippen LogP contribution is 2.37. The minimum absolute atomic E-state index is 0.270. The molecule has 0 aliphatic carbocycles. The van der Waals surface area contributed by atoms with Crippen LogP contribution in [-0.2, 0) is 4.79 Å². The average molecular weight is 446 g/mol. The van der Waals surface area contributed by atoms with Gasteiger partial charge >= 0.3 is 5.63 Å². The maximum Gasteiger partial charge on any atom is 0.349 e. The summed E-state index contributed by atoms with van der Waals surface area (Å²) in [7, 11) is 0. The Morgan fingerprint density at radius 1 is 0.939 bits per heavy atom. The van der Waals surface area contributed by atoms with Gasteiger partial charge < -0.3 is 14.6 Å². The zero-order valence-electron chi connectivity index (χ0n) is 17.0. The van der Waals surface area contributed by atoms with Crippen LogP contribution in [0.2, 0.25) is 0 Å². The van der Waals surface area contributed by atoms with Crippen LogP contribution in [0.25, 0.3) is 11.0 Å². The lowest BCUT2D eigenvalue weighted by molar-refractivity contribution is -0.117. The lowest BCUT2D eigenvalue weighted by Crippen LogP contribution is -2.40. The summed E-state index contributed by atoms with van der Waals surface area (Å²) in [6.07, 6.45) is 0. The maximum absolute atomic E-state index is 14.2. The third-order valence-electron chi connectivity index (χ3n) is 5.53. The molecule has 1 N–H and O–H groups in total. The van der Waals surface area contributed by atoms with Gasteiger partial charge in [0.05, 0.1) is 6.04 Å². The van der Waals surface area contributed by atoms with Crippen molar-refractivity contribution < 1.29 is 22.8 Å². The topological polar surface area (TPSA) is 79.6 Å². The second kappa shape index (κ2) is 7.98. The number of hydrogen-bond acceptors (Lipinski definition) is 4. The van der Waals surface area contributed by atoms with Crippen LogP contribution in [0.4, 0.5) is 14.5 Å². The molecule has 33 heavy (non-hydrogen) atoms. The Kier molecular flexibility index (Phi) is 4.97. The first kappa shape index (κ1) is 20.6. The normalized spacial score (nSPS) is 15.6. The number of benzene rings is 3. The molecule has 0 radical (unpaired) electrons. The van der Waals surface area contributed by atoms with Crippen molar-refractivity contribution in [1.82, 2.24) is 4.90 Å². The molecule has 2 heterocycles. The molecule has 0 spiro atoms. The van der Waals surface area contributed by atoms with Gasteiger partial charge in [-0.3, -0.25) is 9.59 Å². The fourth-order valence-electron chi connectivity index (χ4n) is 4.04. The van der Waals surface area contributed by atoms with Crippen LogP contribution >= 0.6 is 0 Å². The van der Waals surface area contributed by atoms with E-state index in [2.05, 4.69) is 5.32 Å². The van der Waals surface area contributed by atoms with E-state index in [1.165, 1.54) is 48.5 Å². The van der Waals surface area contributed by atoms with Crippen molar-refractivity contribution in [3.63, 3.8) is 0 Å². The number of anilines is 1.